The van der Waals surface area contributed by atoms with Crippen LogP contribution >= 0.6 is 0 Å². The lowest BCUT2D eigenvalue weighted by Crippen LogP contribution is -2.20. The Kier molecular flexibility index (Phi) is 4.16. The van der Waals surface area contributed by atoms with Crippen molar-refractivity contribution in [2.24, 2.45) is 7.05 Å². The summed E-state index contributed by atoms with van der Waals surface area (Å²) in [5, 5.41) is 20.3. The van der Waals surface area contributed by atoms with Crippen molar-refractivity contribution in [3.63, 3.8) is 0 Å². The molecule has 0 spiro atoms. The second-order valence-corrected chi connectivity index (χ2v) is 5.07. The fourth-order valence-corrected chi connectivity index (χ4v) is 2.42. The summed E-state index contributed by atoms with van der Waals surface area (Å²) < 4.78 is 7.29. The maximum atomic E-state index is 8.96. The molecule has 1 saturated heterocycles. The predicted molar refractivity (Wildman–Crippen MR) is 79.3 cm³/mol. The van der Waals surface area contributed by atoms with Gasteiger partial charge in [-0.3, -0.25) is 4.68 Å². The Morgan fingerprint density at radius 2 is 2.33 bits per heavy atom. The molecule has 1 aliphatic heterocycles. The molecule has 0 aromatic carbocycles. The van der Waals surface area contributed by atoms with Crippen LogP contribution in [-0.2, 0) is 11.8 Å². The molecule has 8 nitrogen and oxygen atoms in total. The Morgan fingerprint density at radius 1 is 1.43 bits per heavy atom. The number of nitrogens with one attached hydrogen (secondary N) is 2. The third-order valence-electron chi connectivity index (χ3n) is 3.51. The number of rotatable bonds is 6. The summed E-state index contributed by atoms with van der Waals surface area (Å²) in [4.78, 5) is 8.94. The highest BCUT2D eigenvalue weighted by Crippen LogP contribution is 2.21. The zero-order valence-electron chi connectivity index (χ0n) is 12.0. The Hall–Kier alpha value is -1.93. The Labute approximate surface area is 122 Å². The van der Waals surface area contributed by atoms with E-state index in [0.29, 0.717) is 24.9 Å². The maximum absolute atomic E-state index is 8.96. The highest BCUT2D eigenvalue weighted by molar-refractivity contribution is 5.87. The van der Waals surface area contributed by atoms with Gasteiger partial charge in [-0.25, -0.2) is 0 Å². The van der Waals surface area contributed by atoms with Gasteiger partial charge in [0.1, 0.15) is 5.82 Å². The van der Waals surface area contributed by atoms with Gasteiger partial charge in [-0.05, 0) is 12.8 Å². The molecule has 2 aromatic rings. The van der Waals surface area contributed by atoms with E-state index in [-0.39, 0.29) is 12.7 Å². The van der Waals surface area contributed by atoms with Crippen LogP contribution in [0.1, 0.15) is 12.8 Å². The predicted octanol–water partition coefficient (Wildman–Crippen LogP) is 0.358. The first-order chi connectivity index (χ1) is 10.3. The minimum atomic E-state index is 0.0461. The highest BCUT2D eigenvalue weighted by atomic mass is 16.5. The lowest BCUT2D eigenvalue weighted by Gasteiger charge is -2.12. The van der Waals surface area contributed by atoms with Crippen LogP contribution in [-0.4, -0.2) is 57.3 Å². The van der Waals surface area contributed by atoms with Crippen LogP contribution < -0.4 is 10.6 Å². The Balaban J connectivity index is 1.81. The third kappa shape index (κ3) is 3.06. The smallest absolute Gasteiger partial charge is 0.226 e. The first-order valence-corrected chi connectivity index (χ1v) is 7.18. The summed E-state index contributed by atoms with van der Waals surface area (Å²) in [6, 6.07) is 0. The van der Waals surface area contributed by atoms with Gasteiger partial charge in [-0.2, -0.15) is 15.1 Å². The van der Waals surface area contributed by atoms with Crippen molar-refractivity contribution in [2.45, 2.75) is 18.9 Å². The Morgan fingerprint density at radius 3 is 3.10 bits per heavy atom. The largest absolute Gasteiger partial charge is 0.395 e. The van der Waals surface area contributed by atoms with E-state index < -0.39 is 0 Å². The van der Waals surface area contributed by atoms with Gasteiger partial charge in [-0.1, -0.05) is 0 Å². The number of hydrogen-bond acceptors (Lipinski definition) is 7. The summed E-state index contributed by atoms with van der Waals surface area (Å²) in [7, 11) is 1.84. The number of aromatic nitrogens is 4. The first kappa shape index (κ1) is 14.0. The first-order valence-electron chi connectivity index (χ1n) is 7.18. The molecule has 1 atom stereocenters. The van der Waals surface area contributed by atoms with E-state index in [9.17, 15) is 0 Å². The van der Waals surface area contributed by atoms with Gasteiger partial charge in [-0.15, -0.1) is 0 Å². The molecule has 0 bridgehead atoms. The minimum Gasteiger partial charge on any atom is -0.395 e. The minimum absolute atomic E-state index is 0.0461. The zero-order valence-corrected chi connectivity index (χ0v) is 12.0. The summed E-state index contributed by atoms with van der Waals surface area (Å²) in [6.07, 6.45) is 4.12. The number of hydrogen-bond donors (Lipinski definition) is 3. The molecular weight excluding hydrogens is 272 g/mol. The van der Waals surface area contributed by atoms with Gasteiger partial charge >= 0.3 is 0 Å². The SMILES string of the molecule is Cn1ncc2c(NCCO)nc(NCC3CCCO3)nc21. The van der Waals surface area contributed by atoms with Crippen LogP contribution in [0.25, 0.3) is 11.0 Å². The standard InChI is InChI=1S/C13H20N6O2/c1-19-12-10(8-16-19)11(14-4-5-20)17-13(18-12)15-7-9-3-2-6-21-9/h8-9,20H,2-7H2,1H3,(H2,14,15,17,18). The van der Waals surface area contributed by atoms with Crippen molar-refractivity contribution in [1.82, 2.24) is 19.7 Å². The maximum Gasteiger partial charge on any atom is 0.226 e. The fourth-order valence-electron chi connectivity index (χ4n) is 2.42. The molecule has 1 aliphatic rings. The molecule has 3 rings (SSSR count). The summed E-state index contributed by atoms with van der Waals surface area (Å²) in [6.45, 7) is 2.01. The highest BCUT2D eigenvalue weighted by Gasteiger charge is 2.16. The van der Waals surface area contributed by atoms with E-state index in [0.717, 1.165) is 30.5 Å². The average Bonchev–Trinajstić information content (AvgIpc) is 3.13. The normalized spacial score (nSPS) is 18.3. The Bertz CT molecular complexity index is 608. The van der Waals surface area contributed by atoms with Crippen LogP contribution in [0.4, 0.5) is 11.8 Å². The van der Waals surface area contributed by atoms with Crippen molar-refractivity contribution in [1.29, 1.82) is 0 Å². The van der Waals surface area contributed by atoms with Crippen LogP contribution in [0.5, 0.6) is 0 Å². The zero-order chi connectivity index (χ0) is 14.7. The molecule has 114 valence electrons. The van der Waals surface area contributed by atoms with Gasteiger partial charge in [0.05, 0.1) is 24.3 Å². The van der Waals surface area contributed by atoms with E-state index in [1.807, 2.05) is 7.05 Å². The molecule has 3 heterocycles. The van der Waals surface area contributed by atoms with E-state index in [4.69, 9.17) is 9.84 Å². The van der Waals surface area contributed by atoms with E-state index >= 15 is 0 Å². The second kappa shape index (κ2) is 6.23. The quantitative estimate of drug-likeness (QED) is 0.707. The molecular formula is C13H20N6O2. The van der Waals surface area contributed by atoms with Crippen LogP contribution in [0.2, 0.25) is 0 Å². The van der Waals surface area contributed by atoms with Crippen molar-refractivity contribution < 1.29 is 9.84 Å². The molecule has 0 radical (unpaired) electrons. The van der Waals surface area contributed by atoms with Crippen molar-refractivity contribution >= 4 is 22.8 Å². The topological polar surface area (TPSA) is 97.1 Å². The molecule has 21 heavy (non-hydrogen) atoms. The van der Waals surface area contributed by atoms with E-state index in [2.05, 4.69) is 25.7 Å². The molecule has 0 aliphatic carbocycles. The summed E-state index contributed by atoms with van der Waals surface area (Å²) >= 11 is 0. The van der Waals surface area contributed by atoms with Crippen molar-refractivity contribution in [2.75, 3.05) is 36.9 Å². The number of fused-ring (bicyclic) bond motifs is 1. The monoisotopic (exact) mass is 292 g/mol. The molecule has 2 aromatic heterocycles. The van der Waals surface area contributed by atoms with Gasteiger partial charge in [0.25, 0.3) is 0 Å². The lowest BCUT2D eigenvalue weighted by atomic mass is 10.2. The number of anilines is 2. The second-order valence-electron chi connectivity index (χ2n) is 5.07. The van der Waals surface area contributed by atoms with Gasteiger partial charge in [0.2, 0.25) is 5.95 Å². The molecule has 3 N–H and O–H groups in total. The summed E-state index contributed by atoms with van der Waals surface area (Å²) in [5.74, 6) is 1.22. The van der Waals surface area contributed by atoms with E-state index in [1.54, 1.807) is 10.9 Å². The third-order valence-corrected chi connectivity index (χ3v) is 3.51. The number of aryl methyl sites for hydroxylation is 1. The average molecular weight is 292 g/mol. The van der Waals surface area contributed by atoms with Crippen LogP contribution in [0.3, 0.4) is 0 Å². The van der Waals surface area contributed by atoms with Gasteiger partial charge in [0.15, 0.2) is 5.65 Å². The molecule has 8 heteroatoms. The number of ether oxygens (including phenoxy) is 1. The number of nitrogens with zero attached hydrogens (tertiary/aromatic N) is 4. The molecule has 0 saturated carbocycles. The number of aliphatic hydroxyl groups excluding tert-OH is 1. The van der Waals surface area contributed by atoms with E-state index in [1.165, 1.54) is 0 Å². The van der Waals surface area contributed by atoms with Crippen molar-refractivity contribution in [3.05, 3.63) is 6.20 Å². The fraction of sp³-hybridized carbons (Fsp3) is 0.615. The molecule has 0 amide bonds. The summed E-state index contributed by atoms with van der Waals surface area (Å²) in [5.41, 5.74) is 0.750. The van der Waals surface area contributed by atoms with Crippen LogP contribution in [0.15, 0.2) is 6.20 Å². The lowest BCUT2D eigenvalue weighted by molar-refractivity contribution is 0.120. The molecule has 1 fully saturated rings. The molecule has 1 unspecified atom stereocenters. The van der Waals surface area contributed by atoms with Crippen LogP contribution in [0, 0.1) is 0 Å². The van der Waals surface area contributed by atoms with Gasteiger partial charge in [0, 0.05) is 26.7 Å². The van der Waals surface area contributed by atoms with Crippen molar-refractivity contribution in [3.8, 4) is 0 Å². The van der Waals surface area contributed by atoms with Gasteiger partial charge < -0.3 is 20.5 Å². The number of aliphatic hydroxyl groups is 1.